The molecule has 1 heterocycles. The molecule has 0 saturated heterocycles. The van der Waals surface area contributed by atoms with Gasteiger partial charge in [-0.1, -0.05) is 0 Å². The molecular formula is C16H14BrNO3S. The zero-order valence-electron chi connectivity index (χ0n) is 11.8. The first-order chi connectivity index (χ1) is 10.6. The van der Waals surface area contributed by atoms with Crippen LogP contribution in [0.3, 0.4) is 0 Å². The minimum atomic E-state index is -0.372. The summed E-state index contributed by atoms with van der Waals surface area (Å²) >= 11 is 4.91. The summed E-state index contributed by atoms with van der Waals surface area (Å²) in [5.74, 6) is -0.600. The Morgan fingerprint density at radius 2 is 1.95 bits per heavy atom. The molecule has 1 N–H and O–H groups in total. The van der Waals surface area contributed by atoms with Crippen molar-refractivity contribution in [1.82, 2.24) is 0 Å². The first-order valence-electron chi connectivity index (χ1n) is 6.60. The van der Waals surface area contributed by atoms with Crippen LogP contribution in [0.25, 0.3) is 6.08 Å². The van der Waals surface area contributed by atoms with E-state index < -0.39 is 0 Å². The maximum atomic E-state index is 11.8. The van der Waals surface area contributed by atoms with Gasteiger partial charge < -0.3 is 10.1 Å². The summed E-state index contributed by atoms with van der Waals surface area (Å²) in [6, 6.07) is 10.4. The second-order valence-electron chi connectivity index (χ2n) is 4.26. The molecule has 0 saturated carbocycles. The molecule has 0 atom stereocenters. The van der Waals surface area contributed by atoms with Gasteiger partial charge in [0.1, 0.15) is 0 Å². The highest BCUT2D eigenvalue weighted by Gasteiger charge is 2.06. The summed E-state index contributed by atoms with van der Waals surface area (Å²) in [7, 11) is 0. The fourth-order valence-corrected chi connectivity index (χ4v) is 2.99. The fraction of sp³-hybridized carbons (Fsp3) is 0.125. The van der Waals surface area contributed by atoms with Crippen LogP contribution in [0.1, 0.15) is 22.2 Å². The standard InChI is InChI=1S/C16H14BrNO3S/c1-2-21-16(20)11-3-5-12(6-4-11)18-15(19)10-8-13-7-9-14(17)22-13/h3-10H,2H2,1H3,(H,18,19)/b10-8+. The Labute approximate surface area is 140 Å². The molecule has 0 aliphatic heterocycles. The fourth-order valence-electron chi connectivity index (χ4n) is 1.66. The molecule has 114 valence electrons. The Morgan fingerprint density at radius 3 is 2.55 bits per heavy atom. The van der Waals surface area contributed by atoms with Crippen LogP contribution in [-0.4, -0.2) is 18.5 Å². The second kappa shape index (κ2) is 7.91. The van der Waals surface area contributed by atoms with Crippen LogP contribution in [-0.2, 0) is 9.53 Å². The maximum absolute atomic E-state index is 11.8. The molecule has 0 radical (unpaired) electrons. The number of thiophene rings is 1. The number of esters is 1. The average molecular weight is 380 g/mol. The number of nitrogens with one attached hydrogen (secondary N) is 1. The SMILES string of the molecule is CCOC(=O)c1ccc(NC(=O)/C=C/c2ccc(Br)s2)cc1. The number of carbonyl (C=O) groups excluding carboxylic acids is 2. The van der Waals surface area contributed by atoms with E-state index in [1.165, 1.54) is 6.08 Å². The van der Waals surface area contributed by atoms with Gasteiger partial charge in [0.2, 0.25) is 5.91 Å². The Balaban J connectivity index is 1.94. The minimum absolute atomic E-state index is 0.228. The summed E-state index contributed by atoms with van der Waals surface area (Å²) in [4.78, 5) is 24.3. The Kier molecular flexibility index (Phi) is 5.91. The highest BCUT2D eigenvalue weighted by molar-refractivity contribution is 9.11. The number of hydrogen-bond acceptors (Lipinski definition) is 4. The van der Waals surface area contributed by atoms with Crippen molar-refractivity contribution in [2.45, 2.75) is 6.92 Å². The van der Waals surface area contributed by atoms with Gasteiger partial charge in [-0.15, -0.1) is 11.3 Å². The van der Waals surface area contributed by atoms with Crippen LogP contribution in [0.2, 0.25) is 0 Å². The van der Waals surface area contributed by atoms with Gasteiger partial charge in [0.25, 0.3) is 0 Å². The van der Waals surface area contributed by atoms with E-state index in [1.54, 1.807) is 48.6 Å². The number of halogens is 1. The number of hydrogen-bond donors (Lipinski definition) is 1. The number of amides is 1. The molecule has 0 aliphatic rings. The molecule has 0 spiro atoms. The predicted octanol–water partition coefficient (Wildman–Crippen LogP) is 4.34. The Bertz CT molecular complexity index is 692. The molecule has 0 fully saturated rings. The average Bonchev–Trinajstić information content (AvgIpc) is 2.92. The molecule has 0 bridgehead atoms. The third-order valence-electron chi connectivity index (χ3n) is 2.66. The van der Waals surface area contributed by atoms with Gasteiger partial charge in [-0.25, -0.2) is 4.79 Å². The van der Waals surface area contributed by atoms with Crippen LogP contribution in [0.4, 0.5) is 5.69 Å². The van der Waals surface area contributed by atoms with Crippen molar-refractivity contribution in [3.63, 3.8) is 0 Å². The monoisotopic (exact) mass is 379 g/mol. The molecule has 1 amide bonds. The molecule has 1 aromatic carbocycles. The first-order valence-corrected chi connectivity index (χ1v) is 8.21. The van der Waals surface area contributed by atoms with Gasteiger partial charge in [0, 0.05) is 16.6 Å². The minimum Gasteiger partial charge on any atom is -0.462 e. The van der Waals surface area contributed by atoms with Crippen molar-refractivity contribution in [3.05, 3.63) is 56.7 Å². The lowest BCUT2D eigenvalue weighted by Crippen LogP contribution is -2.08. The van der Waals surface area contributed by atoms with Crippen molar-refractivity contribution in [2.24, 2.45) is 0 Å². The van der Waals surface area contributed by atoms with Gasteiger partial charge >= 0.3 is 5.97 Å². The van der Waals surface area contributed by atoms with E-state index in [-0.39, 0.29) is 11.9 Å². The van der Waals surface area contributed by atoms with Gasteiger partial charge in [0.05, 0.1) is 16.0 Å². The van der Waals surface area contributed by atoms with Crippen LogP contribution >= 0.6 is 27.3 Å². The van der Waals surface area contributed by atoms with Crippen LogP contribution in [0.5, 0.6) is 0 Å². The summed E-state index contributed by atoms with van der Waals surface area (Å²) in [6.45, 7) is 2.09. The van der Waals surface area contributed by atoms with E-state index in [0.29, 0.717) is 17.9 Å². The van der Waals surface area contributed by atoms with Gasteiger partial charge in [-0.3, -0.25) is 4.79 Å². The third kappa shape index (κ3) is 4.82. The summed E-state index contributed by atoms with van der Waals surface area (Å²) < 4.78 is 5.91. The van der Waals surface area contributed by atoms with Gasteiger partial charge in [0.15, 0.2) is 0 Å². The molecule has 4 nitrogen and oxygen atoms in total. The number of benzene rings is 1. The van der Waals surface area contributed by atoms with E-state index in [2.05, 4.69) is 21.2 Å². The number of anilines is 1. The molecular weight excluding hydrogens is 366 g/mol. The molecule has 22 heavy (non-hydrogen) atoms. The third-order valence-corrected chi connectivity index (χ3v) is 4.25. The molecule has 0 unspecified atom stereocenters. The van der Waals surface area contributed by atoms with E-state index in [4.69, 9.17) is 4.74 Å². The zero-order valence-corrected chi connectivity index (χ0v) is 14.2. The number of ether oxygens (including phenoxy) is 1. The van der Waals surface area contributed by atoms with E-state index >= 15 is 0 Å². The normalized spacial score (nSPS) is 10.6. The number of rotatable bonds is 5. The van der Waals surface area contributed by atoms with Gasteiger partial charge in [-0.2, -0.15) is 0 Å². The Hall–Kier alpha value is -1.92. The maximum Gasteiger partial charge on any atom is 0.338 e. The lowest BCUT2D eigenvalue weighted by atomic mass is 10.2. The molecule has 2 rings (SSSR count). The molecule has 0 aliphatic carbocycles. The highest BCUT2D eigenvalue weighted by Crippen LogP contribution is 2.23. The quantitative estimate of drug-likeness (QED) is 0.620. The van der Waals surface area contributed by atoms with Crippen molar-refractivity contribution < 1.29 is 14.3 Å². The smallest absolute Gasteiger partial charge is 0.338 e. The van der Waals surface area contributed by atoms with Crippen LogP contribution < -0.4 is 5.32 Å². The summed E-state index contributed by atoms with van der Waals surface area (Å²) in [5.41, 5.74) is 1.08. The Morgan fingerprint density at radius 1 is 1.23 bits per heavy atom. The van der Waals surface area contributed by atoms with Crippen LogP contribution in [0.15, 0.2) is 46.3 Å². The van der Waals surface area contributed by atoms with Crippen LogP contribution in [0, 0.1) is 0 Å². The predicted molar refractivity (Wildman–Crippen MR) is 92.1 cm³/mol. The number of carbonyl (C=O) groups is 2. The zero-order chi connectivity index (χ0) is 15.9. The molecule has 2 aromatic rings. The van der Waals surface area contributed by atoms with Crippen molar-refractivity contribution in [2.75, 3.05) is 11.9 Å². The molecule has 1 aromatic heterocycles. The highest BCUT2D eigenvalue weighted by atomic mass is 79.9. The lowest BCUT2D eigenvalue weighted by Gasteiger charge is -2.04. The van der Waals surface area contributed by atoms with Crippen molar-refractivity contribution >= 4 is 50.9 Å². The van der Waals surface area contributed by atoms with Crippen molar-refractivity contribution in [1.29, 1.82) is 0 Å². The van der Waals surface area contributed by atoms with E-state index in [9.17, 15) is 9.59 Å². The van der Waals surface area contributed by atoms with E-state index in [0.717, 1.165) is 8.66 Å². The second-order valence-corrected chi connectivity index (χ2v) is 6.76. The lowest BCUT2D eigenvalue weighted by molar-refractivity contribution is -0.111. The van der Waals surface area contributed by atoms with Crippen molar-refractivity contribution in [3.8, 4) is 0 Å². The topological polar surface area (TPSA) is 55.4 Å². The summed E-state index contributed by atoms with van der Waals surface area (Å²) in [6.07, 6.45) is 3.22. The van der Waals surface area contributed by atoms with Gasteiger partial charge in [-0.05, 0) is 65.3 Å². The van der Waals surface area contributed by atoms with E-state index in [1.807, 2.05) is 12.1 Å². The molecule has 6 heteroatoms. The summed E-state index contributed by atoms with van der Waals surface area (Å²) in [5, 5.41) is 2.73. The largest absolute Gasteiger partial charge is 0.462 e. The first kappa shape index (κ1) is 16.5.